The molecule has 0 spiro atoms. The Morgan fingerprint density at radius 2 is 1.72 bits per heavy atom. The van der Waals surface area contributed by atoms with Gasteiger partial charge in [0.1, 0.15) is 0 Å². The minimum Gasteiger partial charge on any atom is -0.352 e. The Morgan fingerprint density at radius 3 is 2.31 bits per heavy atom. The van der Waals surface area contributed by atoms with Crippen LogP contribution in [0.25, 0.3) is 5.69 Å². The van der Waals surface area contributed by atoms with Gasteiger partial charge in [-0.05, 0) is 55.7 Å². The number of hydrogen-bond donors (Lipinski definition) is 2. The number of guanidine groups is 1. The molecule has 9 heteroatoms. The van der Waals surface area contributed by atoms with Crippen LogP contribution in [0.5, 0.6) is 0 Å². The van der Waals surface area contributed by atoms with Gasteiger partial charge in [-0.2, -0.15) is 5.10 Å². The third kappa shape index (κ3) is 6.32. The topological polar surface area (TPSA) is 88.4 Å². The molecule has 2 aromatic carbocycles. The molecule has 0 aliphatic rings. The molecule has 3 rings (SSSR count). The van der Waals surface area contributed by atoms with Gasteiger partial charge >= 0.3 is 0 Å². The number of sulfone groups is 1. The maximum Gasteiger partial charge on any atom is 0.191 e. The summed E-state index contributed by atoms with van der Waals surface area (Å²) in [6, 6.07) is 15.6. The summed E-state index contributed by atoms with van der Waals surface area (Å²) in [5.41, 5.74) is 5.92. The van der Waals surface area contributed by atoms with Gasteiger partial charge in [0.25, 0.3) is 0 Å². The van der Waals surface area contributed by atoms with Crippen molar-refractivity contribution < 1.29 is 8.42 Å². The first-order valence-electron chi connectivity index (χ1n) is 10.0. The highest BCUT2D eigenvalue weighted by molar-refractivity contribution is 14.0. The van der Waals surface area contributed by atoms with E-state index in [9.17, 15) is 8.42 Å². The number of aryl methyl sites for hydroxylation is 3. The second kappa shape index (κ2) is 11.0. The Labute approximate surface area is 207 Å². The summed E-state index contributed by atoms with van der Waals surface area (Å²) in [6.45, 7) is 6.95. The molecule has 0 atom stereocenters. The van der Waals surface area contributed by atoms with Crippen LogP contribution < -0.4 is 10.6 Å². The van der Waals surface area contributed by atoms with Crippen molar-refractivity contribution in [3.8, 4) is 5.69 Å². The van der Waals surface area contributed by atoms with Crippen LogP contribution in [0.2, 0.25) is 0 Å². The van der Waals surface area contributed by atoms with Crippen molar-refractivity contribution in [2.24, 2.45) is 4.99 Å². The van der Waals surface area contributed by atoms with Gasteiger partial charge < -0.3 is 10.6 Å². The lowest BCUT2D eigenvalue weighted by atomic mass is 10.1. The molecule has 7 nitrogen and oxygen atoms in total. The standard InChI is InChI=1S/C23H29N5O2S.HI/c1-16-12-19(10-11-22(16)31(5,29)30)14-25-23(24-4)26-15-20-8-6-7-9-21(20)28-18(3)13-17(2)27-28;/h6-13H,14-15H2,1-5H3,(H2,24,25,26);1H. The van der Waals surface area contributed by atoms with Crippen molar-refractivity contribution in [1.82, 2.24) is 20.4 Å². The van der Waals surface area contributed by atoms with E-state index in [0.717, 1.165) is 33.8 Å². The SMILES string of the molecule is CN=C(NCc1ccc(S(C)(=O)=O)c(C)c1)NCc1ccccc1-n1nc(C)cc1C.I. The molecule has 1 aromatic heterocycles. The highest BCUT2D eigenvalue weighted by Gasteiger charge is 2.12. The van der Waals surface area contributed by atoms with E-state index in [1.54, 1.807) is 13.1 Å². The summed E-state index contributed by atoms with van der Waals surface area (Å²) >= 11 is 0. The molecule has 0 amide bonds. The summed E-state index contributed by atoms with van der Waals surface area (Å²) in [4.78, 5) is 4.66. The van der Waals surface area contributed by atoms with E-state index in [0.29, 0.717) is 23.9 Å². The molecule has 0 aliphatic heterocycles. The molecule has 1 heterocycles. The molecule has 172 valence electrons. The molecule has 0 saturated carbocycles. The Morgan fingerprint density at radius 1 is 1.03 bits per heavy atom. The first-order valence-corrected chi connectivity index (χ1v) is 11.9. The quantitative estimate of drug-likeness (QED) is 0.270. The summed E-state index contributed by atoms with van der Waals surface area (Å²) in [7, 11) is -1.50. The molecular weight excluding hydrogens is 537 g/mol. The third-order valence-corrected chi connectivity index (χ3v) is 6.26. The van der Waals surface area contributed by atoms with E-state index >= 15 is 0 Å². The fraction of sp³-hybridized carbons (Fsp3) is 0.304. The van der Waals surface area contributed by atoms with Gasteiger partial charge in [-0.3, -0.25) is 4.99 Å². The van der Waals surface area contributed by atoms with Crippen molar-refractivity contribution in [2.45, 2.75) is 38.8 Å². The van der Waals surface area contributed by atoms with Gasteiger partial charge in [-0.25, -0.2) is 13.1 Å². The van der Waals surface area contributed by atoms with E-state index in [4.69, 9.17) is 0 Å². The Kier molecular flexibility index (Phi) is 8.85. The highest BCUT2D eigenvalue weighted by Crippen LogP contribution is 2.18. The second-order valence-corrected chi connectivity index (χ2v) is 9.60. The molecule has 3 aromatic rings. The maximum absolute atomic E-state index is 11.8. The van der Waals surface area contributed by atoms with Crippen LogP contribution in [-0.2, 0) is 22.9 Å². The summed E-state index contributed by atoms with van der Waals surface area (Å²) < 4.78 is 25.6. The van der Waals surface area contributed by atoms with Crippen molar-refractivity contribution in [3.05, 3.63) is 76.6 Å². The molecule has 0 unspecified atom stereocenters. The summed E-state index contributed by atoms with van der Waals surface area (Å²) in [5.74, 6) is 0.660. The van der Waals surface area contributed by atoms with Crippen LogP contribution in [-0.4, -0.2) is 37.5 Å². The lowest BCUT2D eigenvalue weighted by Gasteiger charge is -2.15. The van der Waals surface area contributed by atoms with Gasteiger partial charge in [-0.15, -0.1) is 24.0 Å². The first-order chi connectivity index (χ1) is 14.7. The summed E-state index contributed by atoms with van der Waals surface area (Å²) in [5, 5.41) is 11.2. The molecule has 0 radical (unpaired) electrons. The lowest BCUT2D eigenvalue weighted by molar-refractivity contribution is 0.601. The van der Waals surface area contributed by atoms with Gasteiger partial charge in [0, 0.05) is 32.1 Å². The van der Waals surface area contributed by atoms with Gasteiger partial charge in [0.2, 0.25) is 0 Å². The van der Waals surface area contributed by atoms with Gasteiger partial charge in [-0.1, -0.05) is 30.3 Å². The molecular formula is C23H30IN5O2S. The van der Waals surface area contributed by atoms with Crippen LogP contribution >= 0.6 is 24.0 Å². The van der Waals surface area contributed by atoms with E-state index < -0.39 is 9.84 Å². The van der Waals surface area contributed by atoms with Gasteiger partial charge in [0.15, 0.2) is 15.8 Å². The number of para-hydroxylation sites is 1. The largest absolute Gasteiger partial charge is 0.352 e. The van der Waals surface area contributed by atoms with E-state index in [1.807, 2.05) is 49.7 Å². The average Bonchev–Trinajstić information content (AvgIpc) is 3.05. The minimum atomic E-state index is -3.22. The lowest BCUT2D eigenvalue weighted by Crippen LogP contribution is -2.36. The van der Waals surface area contributed by atoms with Crippen molar-refractivity contribution in [3.63, 3.8) is 0 Å². The first kappa shape index (κ1) is 25.9. The predicted molar refractivity (Wildman–Crippen MR) is 140 cm³/mol. The number of nitrogens with one attached hydrogen (secondary N) is 2. The molecule has 0 saturated heterocycles. The summed E-state index contributed by atoms with van der Waals surface area (Å²) in [6.07, 6.45) is 1.23. The minimum absolute atomic E-state index is 0. The molecule has 0 aliphatic carbocycles. The zero-order chi connectivity index (χ0) is 22.6. The monoisotopic (exact) mass is 567 g/mol. The van der Waals surface area contributed by atoms with Crippen molar-refractivity contribution in [2.75, 3.05) is 13.3 Å². The number of nitrogens with zero attached hydrogens (tertiary/aromatic N) is 3. The van der Waals surface area contributed by atoms with Gasteiger partial charge in [0.05, 0.1) is 16.3 Å². The Balaban J connectivity index is 0.00000363. The third-order valence-electron chi connectivity index (χ3n) is 5.00. The molecule has 0 fully saturated rings. The maximum atomic E-state index is 11.8. The fourth-order valence-electron chi connectivity index (χ4n) is 3.56. The fourth-order valence-corrected chi connectivity index (χ4v) is 4.52. The number of aromatic nitrogens is 2. The molecule has 0 bridgehead atoms. The average molecular weight is 567 g/mol. The zero-order valence-corrected chi connectivity index (χ0v) is 22.2. The highest BCUT2D eigenvalue weighted by atomic mass is 127. The number of halogens is 1. The smallest absolute Gasteiger partial charge is 0.191 e. The second-order valence-electron chi connectivity index (χ2n) is 7.62. The number of rotatable bonds is 6. The Bertz CT molecular complexity index is 1220. The van der Waals surface area contributed by atoms with E-state index in [1.165, 1.54) is 6.26 Å². The van der Waals surface area contributed by atoms with Crippen LogP contribution in [0.1, 0.15) is 28.1 Å². The van der Waals surface area contributed by atoms with Crippen LogP contribution in [0.15, 0.2) is 58.4 Å². The normalized spacial score (nSPS) is 11.7. The van der Waals surface area contributed by atoms with Crippen LogP contribution in [0.3, 0.4) is 0 Å². The predicted octanol–water partition coefficient (Wildman–Crippen LogP) is 3.68. The van der Waals surface area contributed by atoms with Crippen molar-refractivity contribution in [1.29, 1.82) is 0 Å². The van der Waals surface area contributed by atoms with Crippen LogP contribution in [0.4, 0.5) is 0 Å². The molecule has 2 N–H and O–H groups in total. The Hall–Kier alpha value is -2.40. The van der Waals surface area contributed by atoms with E-state index in [2.05, 4.69) is 38.9 Å². The zero-order valence-electron chi connectivity index (χ0n) is 19.0. The van der Waals surface area contributed by atoms with E-state index in [-0.39, 0.29) is 24.0 Å². The number of hydrogen-bond acceptors (Lipinski definition) is 4. The number of aliphatic imine (C=N–C) groups is 1. The number of benzene rings is 2. The van der Waals surface area contributed by atoms with Crippen molar-refractivity contribution >= 4 is 39.8 Å². The van der Waals surface area contributed by atoms with Crippen LogP contribution in [0, 0.1) is 20.8 Å². The molecule has 32 heavy (non-hydrogen) atoms.